The van der Waals surface area contributed by atoms with E-state index in [2.05, 4.69) is 6.92 Å². The molecule has 0 radical (unpaired) electrons. The van der Waals surface area contributed by atoms with Gasteiger partial charge in [0.05, 0.1) is 13.2 Å². The summed E-state index contributed by atoms with van der Waals surface area (Å²) in [7, 11) is -3.45. The number of unbranched alkanes of at least 4 members (excludes halogenated alkanes) is 1. The Hall–Kier alpha value is -0.740. The van der Waals surface area contributed by atoms with Crippen LogP contribution in [-0.2, 0) is 24.5 Å². The van der Waals surface area contributed by atoms with Gasteiger partial charge in [0.25, 0.3) is 16.1 Å². The Morgan fingerprint density at radius 2 is 1.67 bits per heavy atom. The van der Waals surface area contributed by atoms with E-state index >= 15 is 0 Å². The molecule has 2 aliphatic rings. The first kappa shape index (κ1) is 19.6. The lowest BCUT2D eigenvalue weighted by atomic mass is 10.3. The van der Waals surface area contributed by atoms with Crippen molar-refractivity contribution in [3.8, 4) is 0 Å². The third-order valence-electron chi connectivity index (χ3n) is 4.39. The van der Waals surface area contributed by atoms with E-state index in [1.165, 1.54) is 8.61 Å². The maximum absolute atomic E-state index is 12.6. The number of nitrogens with zero attached hydrogens (tertiary/aromatic N) is 3. The predicted molar refractivity (Wildman–Crippen MR) is 89.8 cm³/mol. The fourth-order valence-electron chi connectivity index (χ4n) is 2.81. The first-order valence-corrected chi connectivity index (χ1v) is 10.1. The van der Waals surface area contributed by atoms with Crippen molar-refractivity contribution in [3.63, 3.8) is 0 Å². The van der Waals surface area contributed by atoms with Crippen LogP contribution in [0.1, 0.15) is 26.7 Å². The molecule has 9 heteroatoms. The van der Waals surface area contributed by atoms with E-state index in [0.717, 1.165) is 12.8 Å². The molecule has 2 saturated heterocycles. The van der Waals surface area contributed by atoms with Crippen molar-refractivity contribution in [1.82, 2.24) is 13.5 Å². The standard InChI is InChI=1S/C15H29N3O5S/c1-3-4-11-23-14(2)15(19)16-5-7-17(8-6-16)24(20,21)18-9-12-22-13-10-18/h14H,3-13H2,1-2H3. The van der Waals surface area contributed by atoms with E-state index in [0.29, 0.717) is 59.1 Å². The fraction of sp³-hybridized carbons (Fsp3) is 0.933. The highest BCUT2D eigenvalue weighted by atomic mass is 32.2. The molecule has 8 nitrogen and oxygen atoms in total. The van der Waals surface area contributed by atoms with Crippen LogP contribution in [0.3, 0.4) is 0 Å². The molecule has 2 fully saturated rings. The molecule has 2 aliphatic heterocycles. The molecule has 0 aromatic carbocycles. The summed E-state index contributed by atoms with van der Waals surface area (Å²) in [5, 5.41) is 0. The number of carbonyl (C=O) groups excluding carboxylic acids is 1. The highest BCUT2D eigenvalue weighted by molar-refractivity contribution is 7.86. The zero-order chi connectivity index (χ0) is 17.6. The number of amides is 1. The lowest BCUT2D eigenvalue weighted by Gasteiger charge is -2.38. The van der Waals surface area contributed by atoms with Gasteiger partial charge in [0.1, 0.15) is 6.10 Å². The highest BCUT2D eigenvalue weighted by Gasteiger charge is 2.34. The average molecular weight is 363 g/mol. The van der Waals surface area contributed by atoms with Gasteiger partial charge < -0.3 is 14.4 Å². The maximum Gasteiger partial charge on any atom is 0.282 e. The van der Waals surface area contributed by atoms with Crippen LogP contribution in [-0.4, -0.2) is 93.0 Å². The number of ether oxygens (including phenoxy) is 2. The van der Waals surface area contributed by atoms with Crippen LogP contribution in [0.15, 0.2) is 0 Å². The maximum atomic E-state index is 12.6. The van der Waals surface area contributed by atoms with Gasteiger partial charge in [0.2, 0.25) is 0 Å². The van der Waals surface area contributed by atoms with E-state index < -0.39 is 16.3 Å². The van der Waals surface area contributed by atoms with E-state index in [1.54, 1.807) is 11.8 Å². The van der Waals surface area contributed by atoms with Crippen LogP contribution < -0.4 is 0 Å². The van der Waals surface area contributed by atoms with Crippen molar-refractivity contribution in [2.45, 2.75) is 32.8 Å². The minimum atomic E-state index is -3.45. The second-order valence-electron chi connectivity index (χ2n) is 6.11. The molecule has 2 heterocycles. The molecule has 0 aromatic rings. The molecule has 0 N–H and O–H groups in total. The van der Waals surface area contributed by atoms with Crippen molar-refractivity contribution in [3.05, 3.63) is 0 Å². The quantitative estimate of drug-likeness (QED) is 0.591. The second kappa shape index (κ2) is 9.10. The van der Waals surface area contributed by atoms with Crippen molar-refractivity contribution in [2.24, 2.45) is 0 Å². The Morgan fingerprint density at radius 3 is 2.25 bits per heavy atom. The average Bonchev–Trinajstić information content (AvgIpc) is 2.62. The molecule has 1 atom stereocenters. The third-order valence-corrected chi connectivity index (χ3v) is 6.42. The van der Waals surface area contributed by atoms with E-state index in [1.807, 2.05) is 0 Å². The van der Waals surface area contributed by atoms with Gasteiger partial charge in [-0.1, -0.05) is 13.3 Å². The topological polar surface area (TPSA) is 79.4 Å². The number of hydrogen-bond acceptors (Lipinski definition) is 5. The van der Waals surface area contributed by atoms with Gasteiger partial charge in [-0.25, -0.2) is 0 Å². The summed E-state index contributed by atoms with van der Waals surface area (Å²) < 4.78 is 38.9. The van der Waals surface area contributed by atoms with Gasteiger partial charge in [-0.2, -0.15) is 17.0 Å². The minimum Gasteiger partial charge on any atom is -0.379 e. The van der Waals surface area contributed by atoms with Gasteiger partial charge in [-0.15, -0.1) is 0 Å². The molecule has 0 aliphatic carbocycles. The van der Waals surface area contributed by atoms with Crippen molar-refractivity contribution in [1.29, 1.82) is 0 Å². The molecule has 24 heavy (non-hydrogen) atoms. The fourth-order valence-corrected chi connectivity index (χ4v) is 4.37. The van der Waals surface area contributed by atoms with Crippen LogP contribution in [0, 0.1) is 0 Å². The summed E-state index contributed by atoms with van der Waals surface area (Å²) in [6.45, 7) is 7.53. The first-order chi connectivity index (χ1) is 11.5. The molecular weight excluding hydrogens is 334 g/mol. The first-order valence-electron chi connectivity index (χ1n) is 8.70. The Balaban J connectivity index is 1.83. The minimum absolute atomic E-state index is 0.0606. The second-order valence-corrected chi connectivity index (χ2v) is 8.04. The normalized spacial score (nSPS) is 22.5. The van der Waals surface area contributed by atoms with Crippen LogP contribution in [0.5, 0.6) is 0 Å². The van der Waals surface area contributed by atoms with E-state index in [4.69, 9.17) is 9.47 Å². The molecule has 1 amide bonds. The number of piperazine rings is 1. The molecular formula is C15H29N3O5S. The van der Waals surface area contributed by atoms with Crippen molar-refractivity contribution in [2.75, 3.05) is 59.1 Å². The van der Waals surface area contributed by atoms with Crippen LogP contribution >= 0.6 is 0 Å². The smallest absolute Gasteiger partial charge is 0.282 e. The van der Waals surface area contributed by atoms with Crippen LogP contribution in [0.2, 0.25) is 0 Å². The summed E-state index contributed by atoms with van der Waals surface area (Å²) in [5.74, 6) is -0.0606. The Labute approximate surface area is 144 Å². The summed E-state index contributed by atoms with van der Waals surface area (Å²) in [5.41, 5.74) is 0. The van der Waals surface area contributed by atoms with Crippen LogP contribution in [0.25, 0.3) is 0 Å². The predicted octanol–water partition coefficient (Wildman–Crippen LogP) is -0.0872. The van der Waals surface area contributed by atoms with E-state index in [-0.39, 0.29) is 5.91 Å². The number of hydrogen-bond donors (Lipinski definition) is 0. The van der Waals surface area contributed by atoms with Gasteiger partial charge in [0.15, 0.2) is 0 Å². The number of morpholine rings is 1. The number of rotatable bonds is 7. The summed E-state index contributed by atoms with van der Waals surface area (Å²) >= 11 is 0. The van der Waals surface area contributed by atoms with Crippen molar-refractivity contribution >= 4 is 16.1 Å². The monoisotopic (exact) mass is 363 g/mol. The zero-order valence-electron chi connectivity index (χ0n) is 14.6. The third kappa shape index (κ3) is 4.89. The van der Waals surface area contributed by atoms with Gasteiger partial charge in [-0.3, -0.25) is 4.79 Å². The van der Waals surface area contributed by atoms with E-state index in [9.17, 15) is 13.2 Å². The molecule has 1 unspecified atom stereocenters. The van der Waals surface area contributed by atoms with Crippen LogP contribution in [0.4, 0.5) is 0 Å². The molecule has 0 saturated carbocycles. The Kier molecular flexibility index (Phi) is 7.42. The highest BCUT2D eigenvalue weighted by Crippen LogP contribution is 2.15. The Morgan fingerprint density at radius 1 is 1.08 bits per heavy atom. The molecule has 0 bridgehead atoms. The molecule has 140 valence electrons. The zero-order valence-corrected chi connectivity index (χ0v) is 15.5. The SMILES string of the molecule is CCCCOC(C)C(=O)N1CCN(S(=O)(=O)N2CCOCC2)CC1. The lowest BCUT2D eigenvalue weighted by molar-refractivity contribution is -0.143. The largest absolute Gasteiger partial charge is 0.379 e. The summed E-state index contributed by atoms with van der Waals surface area (Å²) in [6.07, 6.45) is 1.49. The lowest BCUT2D eigenvalue weighted by Crippen LogP contribution is -2.56. The van der Waals surface area contributed by atoms with Gasteiger partial charge in [0, 0.05) is 45.9 Å². The molecule has 2 rings (SSSR count). The Bertz CT molecular complexity index is 499. The molecule has 0 spiro atoms. The molecule has 0 aromatic heterocycles. The van der Waals surface area contributed by atoms with Gasteiger partial charge in [-0.05, 0) is 13.3 Å². The van der Waals surface area contributed by atoms with Gasteiger partial charge >= 0.3 is 0 Å². The summed E-state index contributed by atoms with van der Waals surface area (Å²) in [6, 6.07) is 0. The number of carbonyl (C=O) groups is 1. The van der Waals surface area contributed by atoms with Crippen molar-refractivity contribution < 1.29 is 22.7 Å². The summed E-state index contributed by atoms with van der Waals surface area (Å²) in [4.78, 5) is 14.1.